The molecule has 0 N–H and O–H groups in total. The Labute approximate surface area is 160 Å². The molecule has 3 rings (SSSR count). The van der Waals surface area contributed by atoms with Gasteiger partial charge in [0.25, 0.3) is 0 Å². The number of likely N-dealkylation sites (tertiary alicyclic amines) is 1. The van der Waals surface area contributed by atoms with Gasteiger partial charge in [-0.15, -0.1) is 0 Å². The van der Waals surface area contributed by atoms with Crippen molar-refractivity contribution in [3.05, 3.63) is 77.4 Å². The predicted octanol–water partition coefficient (Wildman–Crippen LogP) is 4.03. The zero-order valence-electron chi connectivity index (χ0n) is 15.4. The molecular weight excluding hydrogens is 336 g/mol. The van der Waals surface area contributed by atoms with E-state index in [1.165, 1.54) is 0 Å². The first-order chi connectivity index (χ1) is 13.2. The third-order valence-electron chi connectivity index (χ3n) is 4.85. The van der Waals surface area contributed by atoms with E-state index < -0.39 is 0 Å². The fraction of sp³-hybridized carbons (Fsp3) is 0.304. The van der Waals surface area contributed by atoms with E-state index in [9.17, 15) is 4.79 Å². The van der Waals surface area contributed by atoms with Crippen LogP contribution < -0.4 is 0 Å². The molecule has 1 aliphatic rings. The van der Waals surface area contributed by atoms with Crippen molar-refractivity contribution in [3.63, 3.8) is 0 Å². The molecule has 4 heteroatoms. The van der Waals surface area contributed by atoms with Gasteiger partial charge in [-0.05, 0) is 48.1 Å². The van der Waals surface area contributed by atoms with E-state index in [0.717, 1.165) is 37.1 Å². The monoisotopic (exact) mass is 360 g/mol. The standard InChI is InChI=1S/C23H24N2O2/c24-16-20-6-8-21(9-7-20)17-27-18-22-12-14-25(15-13-22)23(26)11-10-19-4-2-1-3-5-19/h1-11,22H,12-15,17-18H2. The van der Waals surface area contributed by atoms with Gasteiger partial charge in [-0.1, -0.05) is 42.5 Å². The molecule has 0 unspecified atom stereocenters. The van der Waals surface area contributed by atoms with Crippen LogP contribution in [0.4, 0.5) is 0 Å². The number of ether oxygens (including phenoxy) is 1. The average Bonchev–Trinajstić information content (AvgIpc) is 2.74. The molecule has 2 aromatic rings. The molecule has 1 amide bonds. The van der Waals surface area contributed by atoms with Crippen LogP contribution in [0.1, 0.15) is 29.5 Å². The number of nitriles is 1. The zero-order chi connectivity index (χ0) is 18.9. The second kappa shape index (κ2) is 9.70. The molecule has 4 nitrogen and oxygen atoms in total. The Kier molecular flexibility index (Phi) is 6.78. The number of carbonyl (C=O) groups is 1. The lowest BCUT2D eigenvalue weighted by molar-refractivity contribution is -0.127. The summed E-state index contributed by atoms with van der Waals surface area (Å²) in [5, 5.41) is 8.81. The van der Waals surface area contributed by atoms with Gasteiger partial charge in [-0.2, -0.15) is 5.26 Å². The second-order valence-electron chi connectivity index (χ2n) is 6.84. The summed E-state index contributed by atoms with van der Waals surface area (Å²) in [6.45, 7) is 2.83. The Morgan fingerprint density at radius 1 is 1.11 bits per heavy atom. The second-order valence-corrected chi connectivity index (χ2v) is 6.84. The summed E-state index contributed by atoms with van der Waals surface area (Å²) in [6, 6.07) is 19.5. The van der Waals surface area contributed by atoms with Gasteiger partial charge in [0.1, 0.15) is 0 Å². The number of hydrogen-bond donors (Lipinski definition) is 0. The topological polar surface area (TPSA) is 53.3 Å². The minimum atomic E-state index is 0.0794. The van der Waals surface area contributed by atoms with Crippen LogP contribution in [-0.4, -0.2) is 30.5 Å². The number of carbonyl (C=O) groups excluding carboxylic acids is 1. The van der Waals surface area contributed by atoms with Crippen LogP contribution in [0, 0.1) is 17.2 Å². The molecule has 1 saturated heterocycles. The van der Waals surface area contributed by atoms with Crippen LogP contribution in [0.2, 0.25) is 0 Å². The van der Waals surface area contributed by atoms with Gasteiger partial charge >= 0.3 is 0 Å². The van der Waals surface area contributed by atoms with Crippen molar-refractivity contribution in [2.45, 2.75) is 19.4 Å². The number of piperidine rings is 1. The molecule has 1 heterocycles. The smallest absolute Gasteiger partial charge is 0.246 e. The molecule has 0 atom stereocenters. The van der Waals surface area contributed by atoms with Crippen LogP contribution in [0.3, 0.4) is 0 Å². The molecule has 0 bridgehead atoms. The van der Waals surface area contributed by atoms with Crippen molar-refractivity contribution >= 4 is 12.0 Å². The lowest BCUT2D eigenvalue weighted by Crippen LogP contribution is -2.38. The Morgan fingerprint density at radius 3 is 2.48 bits per heavy atom. The Balaban J connectivity index is 1.37. The lowest BCUT2D eigenvalue weighted by Gasteiger charge is -2.31. The van der Waals surface area contributed by atoms with E-state index in [1.54, 1.807) is 6.08 Å². The van der Waals surface area contributed by atoms with E-state index in [-0.39, 0.29) is 5.91 Å². The van der Waals surface area contributed by atoms with E-state index in [2.05, 4.69) is 6.07 Å². The fourth-order valence-corrected chi connectivity index (χ4v) is 3.18. The minimum Gasteiger partial charge on any atom is -0.376 e. The van der Waals surface area contributed by atoms with Gasteiger partial charge in [-0.3, -0.25) is 4.79 Å². The number of amides is 1. The van der Waals surface area contributed by atoms with Crippen molar-refractivity contribution < 1.29 is 9.53 Å². The highest BCUT2D eigenvalue weighted by Crippen LogP contribution is 2.19. The van der Waals surface area contributed by atoms with Crippen molar-refractivity contribution in [2.24, 2.45) is 5.92 Å². The first-order valence-corrected chi connectivity index (χ1v) is 9.33. The van der Waals surface area contributed by atoms with E-state index >= 15 is 0 Å². The van der Waals surface area contributed by atoms with Crippen molar-refractivity contribution in [3.8, 4) is 6.07 Å². The summed E-state index contributed by atoms with van der Waals surface area (Å²) in [6.07, 6.45) is 5.47. The molecular formula is C23H24N2O2. The van der Waals surface area contributed by atoms with E-state index in [1.807, 2.05) is 65.6 Å². The molecule has 2 aromatic carbocycles. The Hall–Kier alpha value is -2.90. The van der Waals surface area contributed by atoms with Crippen molar-refractivity contribution in [1.82, 2.24) is 4.90 Å². The highest BCUT2D eigenvalue weighted by Gasteiger charge is 2.21. The van der Waals surface area contributed by atoms with Gasteiger partial charge in [0.2, 0.25) is 5.91 Å². The first kappa shape index (κ1) is 18.9. The van der Waals surface area contributed by atoms with Gasteiger partial charge in [-0.25, -0.2) is 0 Å². The normalized spacial score (nSPS) is 15.0. The SMILES string of the molecule is N#Cc1ccc(COCC2CCN(C(=O)C=Cc3ccccc3)CC2)cc1. The molecule has 138 valence electrons. The lowest BCUT2D eigenvalue weighted by atomic mass is 9.97. The summed E-state index contributed by atoms with van der Waals surface area (Å²) >= 11 is 0. The number of nitrogens with zero attached hydrogens (tertiary/aromatic N) is 2. The first-order valence-electron chi connectivity index (χ1n) is 9.33. The summed E-state index contributed by atoms with van der Waals surface area (Å²) in [4.78, 5) is 14.2. The van der Waals surface area contributed by atoms with Gasteiger partial charge in [0, 0.05) is 25.8 Å². The van der Waals surface area contributed by atoms with E-state index in [0.29, 0.717) is 24.7 Å². The number of rotatable bonds is 6. The maximum absolute atomic E-state index is 12.3. The highest BCUT2D eigenvalue weighted by molar-refractivity contribution is 5.91. The van der Waals surface area contributed by atoms with Gasteiger partial charge < -0.3 is 9.64 Å². The fourth-order valence-electron chi connectivity index (χ4n) is 3.18. The Bertz CT molecular complexity index is 799. The maximum Gasteiger partial charge on any atom is 0.246 e. The molecule has 0 saturated carbocycles. The van der Waals surface area contributed by atoms with Crippen LogP contribution in [0.25, 0.3) is 6.08 Å². The van der Waals surface area contributed by atoms with Crippen molar-refractivity contribution in [2.75, 3.05) is 19.7 Å². The zero-order valence-corrected chi connectivity index (χ0v) is 15.4. The van der Waals surface area contributed by atoms with E-state index in [4.69, 9.17) is 10.00 Å². The third-order valence-corrected chi connectivity index (χ3v) is 4.85. The number of hydrogen-bond acceptors (Lipinski definition) is 3. The average molecular weight is 360 g/mol. The maximum atomic E-state index is 12.3. The van der Waals surface area contributed by atoms with Gasteiger partial charge in [0.15, 0.2) is 0 Å². The molecule has 0 spiro atoms. The summed E-state index contributed by atoms with van der Waals surface area (Å²) < 4.78 is 5.83. The van der Waals surface area contributed by atoms with Crippen LogP contribution in [0.5, 0.6) is 0 Å². The van der Waals surface area contributed by atoms with Crippen LogP contribution in [-0.2, 0) is 16.1 Å². The quantitative estimate of drug-likeness (QED) is 0.731. The van der Waals surface area contributed by atoms with Crippen LogP contribution in [0.15, 0.2) is 60.7 Å². The third kappa shape index (κ3) is 5.80. The van der Waals surface area contributed by atoms with Gasteiger partial charge in [0.05, 0.1) is 18.2 Å². The largest absolute Gasteiger partial charge is 0.376 e. The Morgan fingerprint density at radius 2 is 1.81 bits per heavy atom. The molecule has 1 aliphatic heterocycles. The predicted molar refractivity (Wildman–Crippen MR) is 106 cm³/mol. The highest BCUT2D eigenvalue weighted by atomic mass is 16.5. The minimum absolute atomic E-state index is 0.0794. The molecule has 27 heavy (non-hydrogen) atoms. The molecule has 0 aliphatic carbocycles. The molecule has 0 aromatic heterocycles. The summed E-state index contributed by atoms with van der Waals surface area (Å²) in [5.41, 5.74) is 2.78. The molecule has 1 fully saturated rings. The van der Waals surface area contributed by atoms with Crippen LogP contribution >= 0.6 is 0 Å². The summed E-state index contributed by atoms with van der Waals surface area (Å²) in [5.74, 6) is 0.571. The van der Waals surface area contributed by atoms with Crippen molar-refractivity contribution in [1.29, 1.82) is 5.26 Å². The molecule has 0 radical (unpaired) electrons. The summed E-state index contributed by atoms with van der Waals surface area (Å²) in [7, 11) is 0. The number of benzene rings is 2.